The molecule has 1 aliphatic rings. The van der Waals surface area contributed by atoms with E-state index < -0.39 is 0 Å². The zero-order valence-corrected chi connectivity index (χ0v) is 7.46. The zero-order chi connectivity index (χ0) is 8.72. The smallest absolute Gasteiger partial charge is 0.0380 e. The summed E-state index contributed by atoms with van der Waals surface area (Å²) >= 11 is 0. The Morgan fingerprint density at radius 3 is 2.83 bits per heavy atom. The average molecular weight is 162 g/mol. The van der Waals surface area contributed by atoms with E-state index in [1.54, 1.807) is 0 Å². The summed E-state index contributed by atoms with van der Waals surface area (Å²) in [6, 6.07) is 6.60. The van der Waals surface area contributed by atoms with Gasteiger partial charge in [0.05, 0.1) is 0 Å². The number of anilines is 2. The van der Waals surface area contributed by atoms with E-state index in [0.29, 0.717) is 12.0 Å². The molecular weight excluding hydrogens is 148 g/mol. The van der Waals surface area contributed by atoms with Gasteiger partial charge < -0.3 is 11.1 Å². The maximum Gasteiger partial charge on any atom is 0.0380 e. The molecule has 3 N–H and O–H groups in total. The third-order valence-electron chi connectivity index (χ3n) is 2.70. The Hall–Kier alpha value is -1.18. The van der Waals surface area contributed by atoms with Gasteiger partial charge in [-0.15, -0.1) is 0 Å². The van der Waals surface area contributed by atoms with E-state index in [1.807, 2.05) is 6.07 Å². The van der Waals surface area contributed by atoms with Gasteiger partial charge in [-0.2, -0.15) is 0 Å². The van der Waals surface area contributed by atoms with Crippen LogP contribution < -0.4 is 11.1 Å². The molecule has 2 unspecified atom stereocenters. The van der Waals surface area contributed by atoms with Crippen molar-refractivity contribution in [2.45, 2.75) is 25.8 Å². The van der Waals surface area contributed by atoms with Gasteiger partial charge in [0.25, 0.3) is 0 Å². The van der Waals surface area contributed by atoms with Gasteiger partial charge in [0, 0.05) is 23.3 Å². The van der Waals surface area contributed by atoms with Crippen LogP contribution in [0.4, 0.5) is 11.4 Å². The molecule has 0 spiro atoms. The number of fused-ring (bicyclic) bond motifs is 1. The molecule has 1 heterocycles. The molecule has 0 saturated carbocycles. The predicted molar refractivity (Wildman–Crippen MR) is 52.4 cm³/mol. The Morgan fingerprint density at radius 2 is 2.08 bits per heavy atom. The van der Waals surface area contributed by atoms with Gasteiger partial charge >= 0.3 is 0 Å². The molecule has 0 amide bonds. The minimum absolute atomic E-state index is 0.529. The van der Waals surface area contributed by atoms with Crippen LogP contribution in [0.15, 0.2) is 18.2 Å². The van der Waals surface area contributed by atoms with Crippen molar-refractivity contribution in [1.29, 1.82) is 0 Å². The van der Waals surface area contributed by atoms with Crippen LogP contribution >= 0.6 is 0 Å². The molecular formula is C10H14N2. The molecule has 1 aliphatic heterocycles. The first kappa shape index (κ1) is 7.47. The summed E-state index contributed by atoms with van der Waals surface area (Å²) in [5.74, 6) is 0.573. The van der Waals surface area contributed by atoms with Crippen molar-refractivity contribution in [3.8, 4) is 0 Å². The van der Waals surface area contributed by atoms with Gasteiger partial charge in [0.15, 0.2) is 0 Å². The van der Waals surface area contributed by atoms with Crippen LogP contribution in [-0.4, -0.2) is 6.04 Å². The average Bonchev–Trinajstić information content (AvgIpc) is 2.31. The Kier molecular flexibility index (Phi) is 1.50. The minimum Gasteiger partial charge on any atom is -0.399 e. The predicted octanol–water partition coefficient (Wildman–Crippen LogP) is 2.19. The topological polar surface area (TPSA) is 38.0 Å². The largest absolute Gasteiger partial charge is 0.399 e. The molecule has 2 atom stereocenters. The number of rotatable bonds is 0. The molecule has 1 aromatic carbocycles. The van der Waals surface area contributed by atoms with Crippen molar-refractivity contribution in [1.82, 2.24) is 0 Å². The molecule has 2 rings (SSSR count). The zero-order valence-electron chi connectivity index (χ0n) is 7.46. The van der Waals surface area contributed by atoms with Gasteiger partial charge in [-0.05, 0) is 30.7 Å². The fourth-order valence-electron chi connectivity index (χ4n) is 1.73. The lowest BCUT2D eigenvalue weighted by molar-refractivity contribution is 0.690. The second kappa shape index (κ2) is 2.41. The standard InChI is InChI=1S/C10H14N2/c1-6-7(2)12-10-4-3-8(11)5-9(6)10/h3-7,12H,11H2,1-2H3. The molecule has 2 nitrogen and oxygen atoms in total. The summed E-state index contributed by atoms with van der Waals surface area (Å²) in [6.45, 7) is 4.42. The minimum atomic E-state index is 0.529. The van der Waals surface area contributed by atoms with Crippen LogP contribution in [0.1, 0.15) is 25.3 Å². The number of nitrogen functional groups attached to an aromatic ring is 1. The van der Waals surface area contributed by atoms with Crippen molar-refractivity contribution >= 4 is 11.4 Å². The number of benzene rings is 1. The molecule has 0 aliphatic carbocycles. The SMILES string of the molecule is CC1Nc2ccc(N)cc2C1C. The van der Waals surface area contributed by atoms with Gasteiger partial charge in [0.1, 0.15) is 0 Å². The lowest BCUT2D eigenvalue weighted by Crippen LogP contribution is -2.12. The van der Waals surface area contributed by atoms with E-state index in [0.717, 1.165) is 5.69 Å². The van der Waals surface area contributed by atoms with Crippen LogP contribution in [0.5, 0.6) is 0 Å². The highest BCUT2D eigenvalue weighted by Gasteiger charge is 2.24. The van der Waals surface area contributed by atoms with E-state index in [4.69, 9.17) is 5.73 Å². The molecule has 0 aromatic heterocycles. The molecule has 64 valence electrons. The first-order chi connectivity index (χ1) is 5.68. The molecule has 1 aromatic rings. The van der Waals surface area contributed by atoms with Crippen molar-refractivity contribution in [3.63, 3.8) is 0 Å². The molecule has 2 heteroatoms. The lowest BCUT2D eigenvalue weighted by Gasteiger charge is -2.08. The van der Waals surface area contributed by atoms with Crippen molar-refractivity contribution < 1.29 is 0 Å². The monoisotopic (exact) mass is 162 g/mol. The maximum atomic E-state index is 5.71. The van der Waals surface area contributed by atoms with Gasteiger partial charge in [-0.1, -0.05) is 6.92 Å². The fraction of sp³-hybridized carbons (Fsp3) is 0.400. The van der Waals surface area contributed by atoms with E-state index in [-0.39, 0.29) is 0 Å². The summed E-state index contributed by atoms with van der Waals surface area (Å²) in [7, 11) is 0. The molecule has 12 heavy (non-hydrogen) atoms. The highest BCUT2D eigenvalue weighted by molar-refractivity contribution is 5.63. The van der Waals surface area contributed by atoms with Crippen LogP contribution in [0.25, 0.3) is 0 Å². The molecule has 0 fully saturated rings. The number of nitrogens with two attached hydrogens (primary N) is 1. The first-order valence-corrected chi connectivity index (χ1v) is 4.34. The van der Waals surface area contributed by atoms with Gasteiger partial charge in [-0.3, -0.25) is 0 Å². The summed E-state index contributed by atoms with van der Waals surface area (Å²) < 4.78 is 0. The molecule has 0 radical (unpaired) electrons. The summed E-state index contributed by atoms with van der Waals surface area (Å²) in [5, 5.41) is 3.42. The Balaban J connectivity index is 2.48. The Morgan fingerprint density at radius 1 is 1.33 bits per heavy atom. The fourth-order valence-corrected chi connectivity index (χ4v) is 1.73. The van der Waals surface area contributed by atoms with E-state index in [9.17, 15) is 0 Å². The highest BCUT2D eigenvalue weighted by atomic mass is 15.0. The first-order valence-electron chi connectivity index (χ1n) is 4.34. The summed E-state index contributed by atoms with van der Waals surface area (Å²) in [4.78, 5) is 0. The maximum absolute atomic E-state index is 5.71. The van der Waals surface area contributed by atoms with Crippen LogP contribution in [0, 0.1) is 0 Å². The molecule has 0 saturated heterocycles. The third kappa shape index (κ3) is 0.951. The number of nitrogens with one attached hydrogen (secondary N) is 1. The summed E-state index contributed by atoms with van der Waals surface area (Å²) in [5.41, 5.74) is 9.16. The van der Waals surface area contributed by atoms with E-state index >= 15 is 0 Å². The summed E-state index contributed by atoms with van der Waals surface area (Å²) in [6.07, 6.45) is 0. The Labute approximate surface area is 72.8 Å². The van der Waals surface area contributed by atoms with Crippen molar-refractivity contribution in [3.05, 3.63) is 23.8 Å². The van der Waals surface area contributed by atoms with Crippen molar-refractivity contribution in [2.75, 3.05) is 11.1 Å². The lowest BCUT2D eigenvalue weighted by atomic mass is 9.98. The van der Waals surface area contributed by atoms with Crippen LogP contribution in [0.2, 0.25) is 0 Å². The Bertz CT molecular complexity index is 307. The van der Waals surface area contributed by atoms with E-state index in [1.165, 1.54) is 11.3 Å². The highest BCUT2D eigenvalue weighted by Crippen LogP contribution is 2.36. The number of hydrogen-bond donors (Lipinski definition) is 2. The van der Waals surface area contributed by atoms with E-state index in [2.05, 4.69) is 31.3 Å². The number of hydrogen-bond acceptors (Lipinski definition) is 2. The quantitative estimate of drug-likeness (QED) is 0.574. The van der Waals surface area contributed by atoms with Gasteiger partial charge in [0.2, 0.25) is 0 Å². The van der Waals surface area contributed by atoms with Gasteiger partial charge in [-0.25, -0.2) is 0 Å². The van der Waals surface area contributed by atoms with Crippen molar-refractivity contribution in [2.24, 2.45) is 0 Å². The normalized spacial score (nSPS) is 26.5. The van der Waals surface area contributed by atoms with Crippen LogP contribution in [0.3, 0.4) is 0 Å². The van der Waals surface area contributed by atoms with Crippen LogP contribution in [-0.2, 0) is 0 Å². The second-order valence-electron chi connectivity index (χ2n) is 3.57. The second-order valence-corrected chi connectivity index (χ2v) is 3.57. The third-order valence-corrected chi connectivity index (χ3v) is 2.70. The molecule has 0 bridgehead atoms.